The van der Waals surface area contributed by atoms with Gasteiger partial charge in [-0.05, 0) is 13.0 Å². The Kier molecular flexibility index (Phi) is 5.35. The molecule has 0 bridgehead atoms. The van der Waals surface area contributed by atoms with E-state index in [0.717, 1.165) is 16.6 Å². The van der Waals surface area contributed by atoms with Crippen molar-refractivity contribution >= 4 is 21.9 Å². The SMILES string of the molecule is CC.COc1cc(OC)c2c(=O)cc(-c3cc4c(cn3)c(C)nn4C)oc2c1. The fourth-order valence-electron chi connectivity index (χ4n) is 3.09. The largest absolute Gasteiger partial charge is 0.496 e. The van der Waals surface area contributed by atoms with Crippen molar-refractivity contribution in [3.8, 4) is 23.0 Å². The first kappa shape index (κ1) is 19.4. The van der Waals surface area contributed by atoms with Crippen LogP contribution in [0.15, 0.2) is 39.7 Å². The third kappa shape index (κ3) is 3.19. The average molecular weight is 381 g/mol. The zero-order valence-electron chi connectivity index (χ0n) is 16.9. The van der Waals surface area contributed by atoms with Crippen LogP contribution >= 0.6 is 0 Å². The number of ether oxygens (including phenoxy) is 2. The molecule has 3 heterocycles. The molecule has 0 amide bonds. The first-order valence-corrected chi connectivity index (χ1v) is 9.01. The normalized spacial score (nSPS) is 10.6. The highest BCUT2D eigenvalue weighted by Gasteiger charge is 2.15. The Morgan fingerprint density at radius 2 is 1.82 bits per heavy atom. The molecule has 4 rings (SSSR count). The van der Waals surface area contributed by atoms with Gasteiger partial charge >= 0.3 is 0 Å². The lowest BCUT2D eigenvalue weighted by Gasteiger charge is -2.09. The fourth-order valence-corrected chi connectivity index (χ4v) is 3.09. The Hall–Kier alpha value is -3.35. The van der Waals surface area contributed by atoms with Crippen LogP contribution < -0.4 is 14.9 Å². The van der Waals surface area contributed by atoms with Crippen molar-refractivity contribution in [2.24, 2.45) is 7.05 Å². The summed E-state index contributed by atoms with van der Waals surface area (Å²) in [7, 11) is 4.91. The third-order valence-corrected chi connectivity index (χ3v) is 4.40. The molecule has 1 aromatic carbocycles. The van der Waals surface area contributed by atoms with Gasteiger partial charge in [0.05, 0.1) is 25.4 Å². The van der Waals surface area contributed by atoms with Crippen molar-refractivity contribution in [2.75, 3.05) is 14.2 Å². The van der Waals surface area contributed by atoms with Crippen molar-refractivity contribution in [1.29, 1.82) is 0 Å². The van der Waals surface area contributed by atoms with Crippen molar-refractivity contribution in [3.63, 3.8) is 0 Å². The number of nitrogens with zero attached hydrogens (tertiary/aromatic N) is 3. The Morgan fingerprint density at radius 1 is 1.07 bits per heavy atom. The molecule has 4 aromatic rings. The van der Waals surface area contributed by atoms with Crippen LogP contribution in [-0.4, -0.2) is 29.0 Å². The van der Waals surface area contributed by atoms with Crippen LogP contribution in [0.4, 0.5) is 0 Å². The van der Waals surface area contributed by atoms with Gasteiger partial charge in [0.1, 0.15) is 28.2 Å². The summed E-state index contributed by atoms with van der Waals surface area (Å²) in [6, 6.07) is 6.60. The number of pyridine rings is 1. The minimum atomic E-state index is -0.205. The maximum Gasteiger partial charge on any atom is 0.197 e. The van der Waals surface area contributed by atoms with E-state index < -0.39 is 0 Å². The number of rotatable bonds is 3. The van der Waals surface area contributed by atoms with Gasteiger partial charge in [-0.15, -0.1) is 0 Å². The molecule has 0 atom stereocenters. The average Bonchev–Trinajstić information content (AvgIpc) is 3.01. The van der Waals surface area contributed by atoms with E-state index in [1.54, 1.807) is 30.1 Å². The van der Waals surface area contributed by atoms with Gasteiger partial charge in [-0.2, -0.15) is 5.10 Å². The quantitative estimate of drug-likeness (QED) is 0.532. The van der Waals surface area contributed by atoms with Crippen LogP contribution in [-0.2, 0) is 7.05 Å². The number of fused-ring (bicyclic) bond motifs is 2. The van der Waals surface area contributed by atoms with Crippen molar-refractivity contribution in [3.05, 3.63) is 46.4 Å². The third-order valence-electron chi connectivity index (χ3n) is 4.40. The van der Waals surface area contributed by atoms with Gasteiger partial charge in [-0.25, -0.2) is 0 Å². The van der Waals surface area contributed by atoms with Gasteiger partial charge in [0.25, 0.3) is 0 Å². The number of hydrogen-bond acceptors (Lipinski definition) is 6. The summed E-state index contributed by atoms with van der Waals surface area (Å²) in [6.07, 6.45) is 1.74. The van der Waals surface area contributed by atoms with E-state index in [1.807, 2.05) is 33.9 Å². The number of benzene rings is 1. The Balaban J connectivity index is 0.00000109. The van der Waals surface area contributed by atoms with E-state index in [-0.39, 0.29) is 5.43 Å². The monoisotopic (exact) mass is 381 g/mol. The Labute approximate surface area is 162 Å². The standard InChI is InChI=1S/C19H17N3O4.C2H6/c1-10-12-9-20-13(7-14(12)22(2)21-10)16-8-15(23)19-17(25-4)5-11(24-3)6-18(19)26-16;1-2/h5-9H,1-4H3;1-2H3. The second kappa shape index (κ2) is 7.72. The first-order valence-electron chi connectivity index (χ1n) is 9.01. The van der Waals surface area contributed by atoms with E-state index >= 15 is 0 Å². The fraction of sp³-hybridized carbons (Fsp3) is 0.286. The topological polar surface area (TPSA) is 79.4 Å². The highest BCUT2D eigenvalue weighted by atomic mass is 16.5. The van der Waals surface area contributed by atoms with Crippen LogP contribution in [0.2, 0.25) is 0 Å². The van der Waals surface area contributed by atoms with Gasteiger partial charge in [-0.1, -0.05) is 13.8 Å². The molecule has 3 aromatic heterocycles. The maximum absolute atomic E-state index is 12.7. The van der Waals surface area contributed by atoms with E-state index in [2.05, 4.69) is 10.1 Å². The summed E-state index contributed by atoms with van der Waals surface area (Å²) < 4.78 is 18.3. The number of aryl methyl sites for hydroxylation is 2. The first-order chi connectivity index (χ1) is 13.5. The maximum atomic E-state index is 12.7. The smallest absolute Gasteiger partial charge is 0.197 e. The van der Waals surface area contributed by atoms with Crippen LogP contribution in [0.3, 0.4) is 0 Å². The van der Waals surface area contributed by atoms with E-state index in [9.17, 15) is 4.79 Å². The van der Waals surface area contributed by atoms with Crippen LogP contribution in [0.25, 0.3) is 33.3 Å². The van der Waals surface area contributed by atoms with Crippen molar-refractivity contribution in [1.82, 2.24) is 14.8 Å². The molecule has 0 N–H and O–H groups in total. The molecule has 0 aliphatic heterocycles. The molecule has 0 saturated carbocycles. The number of hydrogen-bond donors (Lipinski definition) is 0. The van der Waals surface area contributed by atoms with E-state index in [1.165, 1.54) is 13.2 Å². The minimum Gasteiger partial charge on any atom is -0.496 e. The summed E-state index contributed by atoms with van der Waals surface area (Å²) in [5, 5.41) is 5.72. The lowest BCUT2D eigenvalue weighted by atomic mass is 10.1. The summed E-state index contributed by atoms with van der Waals surface area (Å²) >= 11 is 0. The molecule has 0 radical (unpaired) electrons. The molecule has 146 valence electrons. The van der Waals surface area contributed by atoms with Gasteiger partial charge in [0.15, 0.2) is 11.2 Å². The summed E-state index contributed by atoms with van der Waals surface area (Å²) in [5.41, 5.74) is 2.55. The van der Waals surface area contributed by atoms with Gasteiger partial charge in [0, 0.05) is 36.8 Å². The highest BCUT2D eigenvalue weighted by Crippen LogP contribution is 2.31. The minimum absolute atomic E-state index is 0.205. The van der Waals surface area contributed by atoms with Gasteiger partial charge in [0.2, 0.25) is 0 Å². The molecule has 0 aliphatic rings. The Bertz CT molecular complexity index is 1210. The molecule has 7 nitrogen and oxygen atoms in total. The van der Waals surface area contributed by atoms with Crippen molar-refractivity contribution in [2.45, 2.75) is 20.8 Å². The van der Waals surface area contributed by atoms with E-state index in [4.69, 9.17) is 13.9 Å². The summed E-state index contributed by atoms with van der Waals surface area (Å²) in [6.45, 7) is 5.93. The zero-order valence-corrected chi connectivity index (χ0v) is 16.9. The summed E-state index contributed by atoms with van der Waals surface area (Å²) in [4.78, 5) is 17.1. The second-order valence-electron chi connectivity index (χ2n) is 5.97. The molecule has 7 heteroatoms. The van der Waals surface area contributed by atoms with Crippen LogP contribution in [0.5, 0.6) is 11.5 Å². The lowest BCUT2D eigenvalue weighted by Crippen LogP contribution is -2.03. The number of methoxy groups -OCH3 is 2. The zero-order chi connectivity index (χ0) is 20.4. The molecule has 28 heavy (non-hydrogen) atoms. The lowest BCUT2D eigenvalue weighted by molar-refractivity contribution is 0.396. The van der Waals surface area contributed by atoms with Gasteiger partial charge < -0.3 is 13.9 Å². The molecule has 0 spiro atoms. The molecular weight excluding hydrogens is 358 g/mol. The second-order valence-corrected chi connectivity index (χ2v) is 5.97. The van der Waals surface area contributed by atoms with E-state index in [0.29, 0.717) is 33.9 Å². The summed E-state index contributed by atoms with van der Waals surface area (Å²) in [5.74, 6) is 1.32. The van der Waals surface area contributed by atoms with Crippen LogP contribution in [0, 0.1) is 6.92 Å². The predicted octanol–water partition coefficient (Wildman–Crippen LogP) is 4.09. The van der Waals surface area contributed by atoms with Crippen LogP contribution in [0.1, 0.15) is 19.5 Å². The predicted molar refractivity (Wildman–Crippen MR) is 109 cm³/mol. The number of aromatic nitrogens is 3. The molecular formula is C21H23N3O4. The Morgan fingerprint density at radius 3 is 2.50 bits per heavy atom. The molecule has 0 unspecified atom stereocenters. The molecule has 0 saturated heterocycles. The highest BCUT2D eigenvalue weighted by molar-refractivity contribution is 5.87. The van der Waals surface area contributed by atoms with Gasteiger partial charge in [-0.3, -0.25) is 14.5 Å². The molecule has 0 fully saturated rings. The van der Waals surface area contributed by atoms with Crippen molar-refractivity contribution < 1.29 is 13.9 Å². The molecule has 0 aliphatic carbocycles.